The SMILES string of the molecule is C/C(=C\OC1CCCCO1)c1ccsc1. The Kier molecular flexibility index (Phi) is 3.80. The van der Waals surface area contributed by atoms with Crippen LogP contribution in [0, 0.1) is 0 Å². The van der Waals surface area contributed by atoms with Crippen LogP contribution in [0.15, 0.2) is 23.1 Å². The molecule has 0 aliphatic carbocycles. The van der Waals surface area contributed by atoms with Crippen LogP contribution in [0.5, 0.6) is 0 Å². The van der Waals surface area contributed by atoms with Gasteiger partial charge in [-0.05, 0) is 47.7 Å². The smallest absolute Gasteiger partial charge is 0.198 e. The molecule has 0 radical (unpaired) electrons. The van der Waals surface area contributed by atoms with Gasteiger partial charge in [0.1, 0.15) is 0 Å². The van der Waals surface area contributed by atoms with Crippen LogP contribution in [-0.2, 0) is 9.47 Å². The Balaban J connectivity index is 1.87. The number of rotatable bonds is 3. The van der Waals surface area contributed by atoms with E-state index in [2.05, 4.69) is 23.8 Å². The van der Waals surface area contributed by atoms with Crippen LogP contribution in [-0.4, -0.2) is 12.9 Å². The van der Waals surface area contributed by atoms with E-state index in [1.807, 2.05) is 6.26 Å². The number of ether oxygens (including phenoxy) is 2. The summed E-state index contributed by atoms with van der Waals surface area (Å²) in [6.45, 7) is 2.89. The fourth-order valence-electron chi connectivity index (χ4n) is 1.55. The third-order valence-corrected chi connectivity index (χ3v) is 3.19. The van der Waals surface area contributed by atoms with Crippen molar-refractivity contribution in [3.05, 3.63) is 28.7 Å². The summed E-state index contributed by atoms with van der Waals surface area (Å²) >= 11 is 1.70. The maximum absolute atomic E-state index is 5.59. The van der Waals surface area contributed by atoms with Gasteiger partial charge < -0.3 is 9.47 Å². The largest absolute Gasteiger partial charge is 0.472 e. The summed E-state index contributed by atoms with van der Waals surface area (Å²) in [5.74, 6) is 0. The van der Waals surface area contributed by atoms with E-state index in [1.54, 1.807) is 11.3 Å². The van der Waals surface area contributed by atoms with Crippen molar-refractivity contribution in [2.24, 2.45) is 0 Å². The monoisotopic (exact) mass is 224 g/mol. The number of hydrogen-bond acceptors (Lipinski definition) is 3. The second-order valence-corrected chi connectivity index (χ2v) is 4.53. The normalized spacial score (nSPS) is 22.7. The Morgan fingerprint density at radius 3 is 3.20 bits per heavy atom. The predicted molar refractivity (Wildman–Crippen MR) is 62.6 cm³/mol. The molecule has 0 N–H and O–H groups in total. The van der Waals surface area contributed by atoms with E-state index >= 15 is 0 Å². The molecule has 15 heavy (non-hydrogen) atoms. The van der Waals surface area contributed by atoms with Gasteiger partial charge in [-0.2, -0.15) is 11.3 Å². The summed E-state index contributed by atoms with van der Waals surface area (Å²) in [5.41, 5.74) is 2.39. The van der Waals surface area contributed by atoms with Crippen molar-refractivity contribution in [3.63, 3.8) is 0 Å². The third kappa shape index (κ3) is 3.08. The van der Waals surface area contributed by atoms with E-state index in [9.17, 15) is 0 Å². The highest BCUT2D eigenvalue weighted by Gasteiger charge is 2.13. The molecule has 1 atom stereocenters. The van der Waals surface area contributed by atoms with Crippen molar-refractivity contribution in [1.29, 1.82) is 0 Å². The average Bonchev–Trinajstić information content (AvgIpc) is 2.81. The molecule has 1 saturated heterocycles. The highest BCUT2D eigenvalue weighted by molar-refractivity contribution is 7.08. The molecule has 0 aromatic carbocycles. The van der Waals surface area contributed by atoms with Crippen LogP contribution in [0.3, 0.4) is 0 Å². The quantitative estimate of drug-likeness (QED) is 0.730. The zero-order valence-electron chi connectivity index (χ0n) is 8.94. The Hall–Kier alpha value is -0.800. The summed E-state index contributed by atoms with van der Waals surface area (Å²) < 4.78 is 11.1. The highest BCUT2D eigenvalue weighted by atomic mass is 32.1. The summed E-state index contributed by atoms with van der Waals surface area (Å²) in [5, 5.41) is 4.20. The van der Waals surface area contributed by atoms with Gasteiger partial charge in [0.15, 0.2) is 6.29 Å². The van der Waals surface area contributed by atoms with E-state index in [1.165, 1.54) is 12.0 Å². The second kappa shape index (κ2) is 5.33. The standard InChI is InChI=1S/C12H16O2S/c1-10(11-5-7-15-9-11)8-14-12-4-2-3-6-13-12/h5,7-9,12H,2-4,6H2,1H3/b10-8+. The van der Waals surface area contributed by atoms with Crippen LogP contribution >= 0.6 is 11.3 Å². The zero-order chi connectivity index (χ0) is 10.5. The van der Waals surface area contributed by atoms with Gasteiger partial charge in [0.2, 0.25) is 0 Å². The first-order valence-corrected chi connectivity index (χ1v) is 6.27. The van der Waals surface area contributed by atoms with E-state index in [-0.39, 0.29) is 6.29 Å². The molecule has 1 aliphatic heterocycles. The van der Waals surface area contributed by atoms with Gasteiger partial charge in [0.25, 0.3) is 0 Å². The summed E-state index contributed by atoms with van der Waals surface area (Å²) in [7, 11) is 0. The van der Waals surface area contributed by atoms with Gasteiger partial charge in [0.05, 0.1) is 12.9 Å². The van der Waals surface area contributed by atoms with E-state index in [0.29, 0.717) is 0 Å². The Labute approximate surface area is 94.5 Å². The van der Waals surface area contributed by atoms with Crippen molar-refractivity contribution >= 4 is 16.9 Å². The average molecular weight is 224 g/mol. The summed E-state index contributed by atoms with van der Waals surface area (Å²) in [4.78, 5) is 0. The maximum Gasteiger partial charge on any atom is 0.198 e. The minimum Gasteiger partial charge on any atom is -0.472 e. The maximum atomic E-state index is 5.59. The second-order valence-electron chi connectivity index (χ2n) is 3.75. The molecule has 1 unspecified atom stereocenters. The van der Waals surface area contributed by atoms with Crippen molar-refractivity contribution in [2.75, 3.05) is 6.61 Å². The molecule has 1 aromatic heterocycles. The molecule has 0 bridgehead atoms. The van der Waals surface area contributed by atoms with Crippen molar-refractivity contribution in [3.8, 4) is 0 Å². The van der Waals surface area contributed by atoms with Gasteiger partial charge in [-0.3, -0.25) is 0 Å². The summed E-state index contributed by atoms with van der Waals surface area (Å²) in [6, 6.07) is 2.10. The van der Waals surface area contributed by atoms with E-state index < -0.39 is 0 Å². The third-order valence-electron chi connectivity index (χ3n) is 2.51. The fraction of sp³-hybridized carbons (Fsp3) is 0.500. The molecular weight excluding hydrogens is 208 g/mol. The molecule has 0 amide bonds. The van der Waals surface area contributed by atoms with Crippen molar-refractivity contribution in [2.45, 2.75) is 32.5 Å². The molecule has 1 aliphatic rings. The Morgan fingerprint density at radius 2 is 2.53 bits per heavy atom. The number of thiophene rings is 1. The van der Waals surface area contributed by atoms with Crippen molar-refractivity contribution < 1.29 is 9.47 Å². The number of hydrogen-bond donors (Lipinski definition) is 0. The first-order valence-electron chi connectivity index (χ1n) is 5.32. The minimum atomic E-state index is -0.0349. The molecule has 2 nitrogen and oxygen atoms in total. The molecule has 0 saturated carbocycles. The highest BCUT2D eigenvalue weighted by Crippen LogP contribution is 2.19. The van der Waals surface area contributed by atoms with Crippen molar-refractivity contribution in [1.82, 2.24) is 0 Å². The molecule has 2 heterocycles. The summed E-state index contributed by atoms with van der Waals surface area (Å²) in [6.07, 6.45) is 5.15. The Morgan fingerprint density at radius 1 is 1.60 bits per heavy atom. The van der Waals surface area contributed by atoms with Crippen LogP contribution in [0.25, 0.3) is 5.57 Å². The predicted octanol–water partition coefficient (Wildman–Crippen LogP) is 3.65. The Bertz CT molecular complexity index is 310. The molecule has 0 spiro atoms. The van der Waals surface area contributed by atoms with Gasteiger partial charge in [-0.1, -0.05) is 0 Å². The molecule has 2 rings (SSSR count). The van der Waals surface area contributed by atoms with Crippen LogP contribution in [0.1, 0.15) is 31.7 Å². The molecule has 1 fully saturated rings. The topological polar surface area (TPSA) is 18.5 Å². The first kappa shape index (κ1) is 10.7. The van der Waals surface area contributed by atoms with Gasteiger partial charge in [-0.15, -0.1) is 0 Å². The lowest BCUT2D eigenvalue weighted by Crippen LogP contribution is -2.20. The lowest BCUT2D eigenvalue weighted by atomic mass is 10.2. The lowest BCUT2D eigenvalue weighted by molar-refractivity contribution is -0.129. The van der Waals surface area contributed by atoms with Gasteiger partial charge >= 0.3 is 0 Å². The molecule has 1 aromatic rings. The van der Waals surface area contributed by atoms with Crippen LogP contribution < -0.4 is 0 Å². The molecule has 3 heteroatoms. The van der Waals surface area contributed by atoms with Gasteiger partial charge in [0, 0.05) is 6.42 Å². The van der Waals surface area contributed by atoms with Crippen LogP contribution in [0.2, 0.25) is 0 Å². The van der Waals surface area contributed by atoms with E-state index in [0.717, 1.165) is 25.0 Å². The first-order chi connectivity index (χ1) is 7.36. The fourth-order valence-corrected chi connectivity index (χ4v) is 2.27. The van der Waals surface area contributed by atoms with Crippen LogP contribution in [0.4, 0.5) is 0 Å². The zero-order valence-corrected chi connectivity index (χ0v) is 9.76. The van der Waals surface area contributed by atoms with Gasteiger partial charge in [-0.25, -0.2) is 0 Å². The molecule has 82 valence electrons. The van der Waals surface area contributed by atoms with E-state index in [4.69, 9.17) is 9.47 Å². The number of allylic oxidation sites excluding steroid dienone is 1. The lowest BCUT2D eigenvalue weighted by Gasteiger charge is -2.21. The molecular formula is C12H16O2S. The minimum absolute atomic E-state index is 0.0349.